The molecule has 1 N–H and O–H groups in total. The third-order valence-electron chi connectivity index (χ3n) is 4.11. The number of para-hydroxylation sites is 1. The number of carbonyl (C=O) groups is 2. The fourth-order valence-corrected chi connectivity index (χ4v) is 2.80. The van der Waals surface area contributed by atoms with Gasteiger partial charge in [0.15, 0.2) is 0 Å². The monoisotopic (exact) mass is 345 g/mol. The molecule has 2 aromatic rings. The minimum absolute atomic E-state index is 0.0157. The molecule has 0 bridgehead atoms. The maximum absolute atomic E-state index is 14.1. The van der Waals surface area contributed by atoms with Crippen molar-refractivity contribution in [2.45, 2.75) is 32.2 Å². The quantitative estimate of drug-likeness (QED) is 0.910. The average molecular weight is 345 g/mol. The van der Waals surface area contributed by atoms with Crippen molar-refractivity contribution >= 4 is 11.8 Å². The van der Waals surface area contributed by atoms with E-state index in [1.165, 1.54) is 10.7 Å². The summed E-state index contributed by atoms with van der Waals surface area (Å²) in [5.74, 6) is -0.510. The molecule has 8 heteroatoms. The summed E-state index contributed by atoms with van der Waals surface area (Å²) in [5, 5.41) is 6.97. The number of hydrogen-bond donors (Lipinski definition) is 1. The molecule has 1 aliphatic heterocycles. The molecule has 0 aliphatic carbocycles. The first-order chi connectivity index (χ1) is 11.9. The number of likely N-dealkylation sites (N-methyl/N-ethyl adjacent to an activating group) is 1. The molecule has 7 nitrogen and oxygen atoms in total. The lowest BCUT2D eigenvalue weighted by Crippen LogP contribution is -2.37. The SMILES string of the molecule is CC(C)c1nc(C(=O)NC2CC(=O)N(C)C2)nn1-c1ccccc1F. The minimum atomic E-state index is -0.468. The van der Waals surface area contributed by atoms with Gasteiger partial charge in [0.05, 0.1) is 6.04 Å². The highest BCUT2D eigenvalue weighted by Gasteiger charge is 2.29. The lowest BCUT2D eigenvalue weighted by atomic mass is 10.2. The maximum atomic E-state index is 14.1. The van der Waals surface area contributed by atoms with Crippen LogP contribution < -0.4 is 5.32 Å². The van der Waals surface area contributed by atoms with E-state index < -0.39 is 11.7 Å². The van der Waals surface area contributed by atoms with E-state index in [1.54, 1.807) is 30.1 Å². The summed E-state index contributed by atoms with van der Waals surface area (Å²) >= 11 is 0. The smallest absolute Gasteiger partial charge is 0.291 e. The van der Waals surface area contributed by atoms with E-state index in [2.05, 4.69) is 15.4 Å². The summed E-state index contributed by atoms with van der Waals surface area (Å²) in [6.45, 7) is 4.25. The molecule has 0 spiro atoms. The lowest BCUT2D eigenvalue weighted by Gasteiger charge is -2.10. The molecular formula is C17H20FN5O2. The number of likely N-dealkylation sites (tertiary alicyclic amines) is 1. The summed E-state index contributed by atoms with van der Waals surface area (Å²) in [6.07, 6.45) is 0.257. The first-order valence-electron chi connectivity index (χ1n) is 8.13. The predicted octanol–water partition coefficient (Wildman–Crippen LogP) is 1.49. The van der Waals surface area contributed by atoms with Crippen LogP contribution in [-0.4, -0.2) is 51.1 Å². The van der Waals surface area contributed by atoms with Gasteiger partial charge in [-0.1, -0.05) is 26.0 Å². The summed E-state index contributed by atoms with van der Waals surface area (Å²) in [4.78, 5) is 29.9. The van der Waals surface area contributed by atoms with Crippen LogP contribution in [0.4, 0.5) is 4.39 Å². The highest BCUT2D eigenvalue weighted by atomic mass is 19.1. The van der Waals surface area contributed by atoms with Crippen molar-refractivity contribution in [3.05, 3.63) is 41.7 Å². The Kier molecular flexibility index (Phi) is 4.52. The Labute approximate surface area is 144 Å². The van der Waals surface area contributed by atoms with Crippen LogP contribution in [-0.2, 0) is 4.79 Å². The van der Waals surface area contributed by atoms with E-state index in [9.17, 15) is 14.0 Å². The Hall–Kier alpha value is -2.77. The molecule has 1 fully saturated rings. The van der Waals surface area contributed by atoms with E-state index in [0.717, 1.165) is 0 Å². The zero-order chi connectivity index (χ0) is 18.1. The second-order valence-electron chi connectivity index (χ2n) is 6.46. The molecule has 1 aromatic carbocycles. The Morgan fingerprint density at radius 1 is 1.36 bits per heavy atom. The van der Waals surface area contributed by atoms with Crippen LogP contribution in [0.3, 0.4) is 0 Å². The Morgan fingerprint density at radius 2 is 2.08 bits per heavy atom. The van der Waals surface area contributed by atoms with Crippen LogP contribution in [0.2, 0.25) is 0 Å². The number of aromatic nitrogens is 3. The van der Waals surface area contributed by atoms with Gasteiger partial charge in [-0.05, 0) is 12.1 Å². The normalized spacial score (nSPS) is 17.4. The van der Waals surface area contributed by atoms with E-state index in [4.69, 9.17) is 0 Å². The Morgan fingerprint density at radius 3 is 2.68 bits per heavy atom. The fraction of sp³-hybridized carbons (Fsp3) is 0.412. The third-order valence-corrected chi connectivity index (χ3v) is 4.11. The largest absolute Gasteiger partial charge is 0.344 e. The van der Waals surface area contributed by atoms with Crippen molar-refractivity contribution in [2.75, 3.05) is 13.6 Å². The van der Waals surface area contributed by atoms with Gasteiger partial charge in [-0.2, -0.15) is 0 Å². The van der Waals surface area contributed by atoms with Crippen molar-refractivity contribution in [3.63, 3.8) is 0 Å². The van der Waals surface area contributed by atoms with Crippen molar-refractivity contribution < 1.29 is 14.0 Å². The summed E-state index contributed by atoms with van der Waals surface area (Å²) in [7, 11) is 1.69. The summed E-state index contributed by atoms with van der Waals surface area (Å²) in [6, 6.07) is 5.94. The van der Waals surface area contributed by atoms with Crippen LogP contribution >= 0.6 is 0 Å². The second kappa shape index (κ2) is 6.62. The lowest BCUT2D eigenvalue weighted by molar-refractivity contribution is -0.126. The molecule has 2 amide bonds. The molecule has 2 heterocycles. The standard InChI is InChI=1S/C17H20FN5O2/c1-10(2)16-20-15(17(25)19-11-8-14(24)22(3)9-11)21-23(16)13-7-5-4-6-12(13)18/h4-7,10-11H,8-9H2,1-3H3,(H,19,25). The maximum Gasteiger partial charge on any atom is 0.291 e. The zero-order valence-electron chi connectivity index (χ0n) is 14.4. The fourth-order valence-electron chi connectivity index (χ4n) is 2.80. The highest BCUT2D eigenvalue weighted by Crippen LogP contribution is 2.20. The molecule has 1 saturated heterocycles. The van der Waals surface area contributed by atoms with Crippen LogP contribution in [0.5, 0.6) is 0 Å². The Bertz CT molecular complexity index is 817. The van der Waals surface area contributed by atoms with Gasteiger partial charge in [-0.25, -0.2) is 14.1 Å². The highest BCUT2D eigenvalue weighted by molar-refractivity contribution is 5.91. The molecule has 0 saturated carbocycles. The van der Waals surface area contributed by atoms with Crippen molar-refractivity contribution in [1.82, 2.24) is 25.0 Å². The van der Waals surface area contributed by atoms with Gasteiger partial charge in [-0.3, -0.25) is 9.59 Å². The average Bonchev–Trinajstić information content (AvgIpc) is 3.12. The molecule has 0 radical (unpaired) electrons. The number of nitrogens with one attached hydrogen (secondary N) is 1. The van der Waals surface area contributed by atoms with E-state index in [0.29, 0.717) is 12.4 Å². The minimum Gasteiger partial charge on any atom is -0.344 e. The van der Waals surface area contributed by atoms with Gasteiger partial charge in [0.2, 0.25) is 11.7 Å². The first-order valence-corrected chi connectivity index (χ1v) is 8.13. The van der Waals surface area contributed by atoms with E-state index in [-0.39, 0.29) is 35.8 Å². The van der Waals surface area contributed by atoms with Gasteiger partial charge in [0.1, 0.15) is 17.3 Å². The summed E-state index contributed by atoms with van der Waals surface area (Å²) in [5.41, 5.74) is 0.244. The number of amides is 2. The molecule has 3 rings (SSSR count). The van der Waals surface area contributed by atoms with E-state index >= 15 is 0 Å². The number of nitrogens with zero attached hydrogens (tertiary/aromatic N) is 4. The molecule has 1 atom stereocenters. The zero-order valence-corrected chi connectivity index (χ0v) is 14.4. The second-order valence-corrected chi connectivity index (χ2v) is 6.46. The van der Waals surface area contributed by atoms with Gasteiger partial charge < -0.3 is 10.2 Å². The summed E-state index contributed by atoms with van der Waals surface area (Å²) < 4.78 is 15.5. The van der Waals surface area contributed by atoms with Crippen LogP contribution in [0.15, 0.2) is 24.3 Å². The van der Waals surface area contributed by atoms with Crippen LogP contribution in [0, 0.1) is 5.82 Å². The number of rotatable bonds is 4. The number of carbonyl (C=O) groups excluding carboxylic acids is 2. The van der Waals surface area contributed by atoms with Gasteiger partial charge >= 0.3 is 0 Å². The molecular weight excluding hydrogens is 325 g/mol. The number of benzene rings is 1. The van der Waals surface area contributed by atoms with E-state index in [1.807, 2.05) is 13.8 Å². The van der Waals surface area contributed by atoms with Crippen LogP contribution in [0.1, 0.15) is 42.6 Å². The van der Waals surface area contributed by atoms with Crippen molar-refractivity contribution in [1.29, 1.82) is 0 Å². The molecule has 25 heavy (non-hydrogen) atoms. The molecule has 1 aliphatic rings. The van der Waals surface area contributed by atoms with Gasteiger partial charge in [-0.15, -0.1) is 5.10 Å². The Balaban J connectivity index is 1.88. The number of halogens is 1. The molecule has 1 unspecified atom stereocenters. The van der Waals surface area contributed by atoms with Crippen molar-refractivity contribution in [3.8, 4) is 5.69 Å². The van der Waals surface area contributed by atoms with Gasteiger partial charge in [0, 0.05) is 25.9 Å². The van der Waals surface area contributed by atoms with Crippen LogP contribution in [0.25, 0.3) is 5.69 Å². The molecule has 132 valence electrons. The van der Waals surface area contributed by atoms with Gasteiger partial charge in [0.25, 0.3) is 5.91 Å². The first kappa shape index (κ1) is 17.1. The topological polar surface area (TPSA) is 80.1 Å². The van der Waals surface area contributed by atoms with Crippen molar-refractivity contribution in [2.24, 2.45) is 0 Å². The molecule has 1 aromatic heterocycles. The predicted molar refractivity (Wildman–Crippen MR) is 88.9 cm³/mol. The third kappa shape index (κ3) is 3.38. The number of hydrogen-bond acceptors (Lipinski definition) is 4.